The quantitative estimate of drug-likeness (QED) is 0.759. The van der Waals surface area contributed by atoms with Crippen LogP contribution in [0.1, 0.15) is 32.7 Å². The SMILES string of the molecule is CC(C)n1ncc2cc(S(=O)(=O)N3CSC[C@@H]3C(=O)N(C)C3CC3)ccc21. The highest BCUT2D eigenvalue weighted by molar-refractivity contribution is 8.00. The molecule has 1 aromatic carbocycles. The molecule has 2 fully saturated rings. The number of carbonyl (C=O) groups excluding carboxylic acids is 1. The molecule has 1 saturated heterocycles. The zero-order valence-corrected chi connectivity index (χ0v) is 17.3. The molecule has 0 spiro atoms. The summed E-state index contributed by atoms with van der Waals surface area (Å²) in [6.45, 7) is 4.07. The van der Waals surface area contributed by atoms with Crippen molar-refractivity contribution in [3.63, 3.8) is 0 Å². The van der Waals surface area contributed by atoms with Gasteiger partial charge in [-0.05, 0) is 44.9 Å². The van der Waals surface area contributed by atoms with Crippen LogP contribution in [0.2, 0.25) is 0 Å². The van der Waals surface area contributed by atoms with Gasteiger partial charge >= 0.3 is 0 Å². The van der Waals surface area contributed by atoms with Gasteiger partial charge in [0.25, 0.3) is 0 Å². The number of nitrogens with zero attached hydrogens (tertiary/aromatic N) is 4. The lowest BCUT2D eigenvalue weighted by molar-refractivity contribution is -0.133. The fourth-order valence-corrected chi connectivity index (χ4v) is 6.64. The molecule has 1 aromatic heterocycles. The van der Waals surface area contributed by atoms with Gasteiger partial charge in [0.1, 0.15) is 6.04 Å². The minimum atomic E-state index is -3.75. The first-order valence-corrected chi connectivity index (χ1v) is 11.7. The van der Waals surface area contributed by atoms with E-state index < -0.39 is 16.1 Å². The third kappa shape index (κ3) is 3.25. The molecule has 2 aromatic rings. The maximum atomic E-state index is 13.3. The second-order valence-corrected chi connectivity index (χ2v) is 10.4. The Hall–Kier alpha value is -1.58. The highest BCUT2D eigenvalue weighted by Gasteiger charge is 2.43. The van der Waals surface area contributed by atoms with Gasteiger partial charge in [-0.1, -0.05) is 0 Å². The number of likely N-dealkylation sites (N-methyl/N-ethyl adjacent to an activating group) is 1. The van der Waals surface area contributed by atoms with Crippen LogP contribution in [-0.2, 0) is 14.8 Å². The van der Waals surface area contributed by atoms with Gasteiger partial charge in [0, 0.05) is 30.3 Å². The number of benzene rings is 1. The van der Waals surface area contributed by atoms with Crippen molar-refractivity contribution >= 4 is 38.6 Å². The largest absolute Gasteiger partial charge is 0.341 e. The molecule has 0 radical (unpaired) electrons. The molecule has 1 amide bonds. The van der Waals surface area contributed by atoms with Crippen molar-refractivity contribution in [2.45, 2.75) is 49.7 Å². The van der Waals surface area contributed by atoms with Gasteiger partial charge in [0.05, 0.1) is 22.5 Å². The van der Waals surface area contributed by atoms with Crippen molar-refractivity contribution < 1.29 is 13.2 Å². The summed E-state index contributed by atoms with van der Waals surface area (Å²) in [6, 6.07) is 4.91. The lowest BCUT2D eigenvalue weighted by atomic mass is 10.2. The van der Waals surface area contributed by atoms with E-state index in [4.69, 9.17) is 0 Å². The van der Waals surface area contributed by atoms with Crippen molar-refractivity contribution in [2.75, 3.05) is 18.7 Å². The summed E-state index contributed by atoms with van der Waals surface area (Å²) in [7, 11) is -1.97. The fourth-order valence-electron chi connectivity index (χ4n) is 3.47. The van der Waals surface area contributed by atoms with Crippen LogP contribution in [0.4, 0.5) is 0 Å². The number of carbonyl (C=O) groups is 1. The lowest BCUT2D eigenvalue weighted by Crippen LogP contribution is -2.48. The fraction of sp³-hybridized carbons (Fsp3) is 0.556. The summed E-state index contributed by atoms with van der Waals surface area (Å²) in [5, 5.41) is 5.14. The Morgan fingerprint density at radius 3 is 2.74 bits per heavy atom. The Bertz CT molecular complexity index is 982. The summed E-state index contributed by atoms with van der Waals surface area (Å²) < 4.78 is 29.7. The first kappa shape index (κ1) is 18.8. The molecule has 7 nitrogen and oxygen atoms in total. The lowest BCUT2D eigenvalue weighted by Gasteiger charge is -2.26. The minimum absolute atomic E-state index is 0.0974. The molecule has 2 heterocycles. The Kier molecular flexibility index (Phi) is 4.72. The second-order valence-electron chi connectivity index (χ2n) is 7.49. The molecule has 27 heavy (non-hydrogen) atoms. The molecular weight excluding hydrogens is 384 g/mol. The van der Waals surface area contributed by atoms with E-state index in [9.17, 15) is 13.2 Å². The molecule has 1 aliphatic carbocycles. The number of thioether (sulfide) groups is 1. The number of hydrogen-bond donors (Lipinski definition) is 0. The summed E-state index contributed by atoms with van der Waals surface area (Å²) in [4.78, 5) is 14.7. The monoisotopic (exact) mass is 408 g/mol. The zero-order valence-electron chi connectivity index (χ0n) is 15.7. The van der Waals surface area contributed by atoms with E-state index in [1.165, 1.54) is 16.1 Å². The minimum Gasteiger partial charge on any atom is -0.341 e. The van der Waals surface area contributed by atoms with Crippen LogP contribution in [0.3, 0.4) is 0 Å². The van der Waals surface area contributed by atoms with Crippen LogP contribution in [0.5, 0.6) is 0 Å². The van der Waals surface area contributed by atoms with Gasteiger partial charge < -0.3 is 4.90 Å². The molecule has 1 saturated carbocycles. The third-order valence-corrected chi connectivity index (χ3v) is 8.26. The van der Waals surface area contributed by atoms with Crippen molar-refractivity contribution in [1.29, 1.82) is 0 Å². The third-order valence-electron chi connectivity index (χ3n) is 5.23. The number of sulfonamides is 1. The standard InChI is InChI=1S/C18H24N4O3S2/c1-12(2)22-16-7-6-15(8-13(16)9-19-22)27(24,25)21-11-26-10-17(21)18(23)20(3)14-4-5-14/h6-9,12,14,17H,4-5,10-11H2,1-3H3/t17-/m1/s1. The van der Waals surface area contributed by atoms with Gasteiger partial charge in [-0.25, -0.2) is 8.42 Å². The van der Waals surface area contributed by atoms with Crippen LogP contribution in [-0.4, -0.2) is 64.1 Å². The van der Waals surface area contributed by atoms with Gasteiger partial charge in [-0.2, -0.15) is 9.40 Å². The normalized spacial score (nSPS) is 21.3. The number of hydrogen-bond acceptors (Lipinski definition) is 5. The van der Waals surface area contributed by atoms with Crippen LogP contribution < -0.4 is 0 Å². The molecule has 2 aliphatic rings. The molecule has 0 unspecified atom stereocenters. The average Bonchev–Trinajstić information content (AvgIpc) is 3.20. The number of amides is 1. The zero-order chi connectivity index (χ0) is 19.3. The summed E-state index contributed by atoms with van der Waals surface area (Å²) >= 11 is 1.48. The van der Waals surface area contributed by atoms with Gasteiger partial charge in [-0.3, -0.25) is 9.48 Å². The van der Waals surface area contributed by atoms with E-state index in [0.717, 1.165) is 23.7 Å². The highest BCUT2D eigenvalue weighted by atomic mass is 32.2. The molecule has 9 heteroatoms. The van der Waals surface area contributed by atoms with E-state index in [-0.39, 0.29) is 22.9 Å². The summed E-state index contributed by atoms with van der Waals surface area (Å²) in [6.07, 6.45) is 3.70. The maximum absolute atomic E-state index is 13.3. The van der Waals surface area contributed by atoms with Crippen molar-refractivity contribution in [2.24, 2.45) is 0 Å². The van der Waals surface area contributed by atoms with Crippen molar-refractivity contribution in [3.8, 4) is 0 Å². The van der Waals surface area contributed by atoms with E-state index in [1.54, 1.807) is 36.3 Å². The number of aromatic nitrogens is 2. The first-order chi connectivity index (χ1) is 12.8. The molecule has 1 aliphatic heterocycles. The Morgan fingerprint density at radius 2 is 2.07 bits per heavy atom. The van der Waals surface area contributed by atoms with Gasteiger partial charge in [0.15, 0.2) is 0 Å². The predicted octanol–water partition coefficient (Wildman–Crippen LogP) is 2.30. The topological polar surface area (TPSA) is 75.5 Å². The van der Waals surface area contributed by atoms with Gasteiger partial charge in [-0.15, -0.1) is 11.8 Å². The maximum Gasteiger partial charge on any atom is 0.244 e. The number of rotatable bonds is 5. The van der Waals surface area contributed by atoms with Crippen LogP contribution >= 0.6 is 11.8 Å². The first-order valence-electron chi connectivity index (χ1n) is 9.14. The second kappa shape index (κ2) is 6.79. The predicted molar refractivity (Wildman–Crippen MR) is 106 cm³/mol. The average molecular weight is 409 g/mol. The van der Waals surface area contributed by atoms with Crippen LogP contribution in [0.25, 0.3) is 10.9 Å². The smallest absolute Gasteiger partial charge is 0.244 e. The molecular formula is C18H24N4O3S2. The van der Waals surface area contributed by atoms with E-state index >= 15 is 0 Å². The molecule has 0 bridgehead atoms. The van der Waals surface area contributed by atoms with Crippen LogP contribution in [0.15, 0.2) is 29.3 Å². The number of fused-ring (bicyclic) bond motifs is 1. The molecule has 4 rings (SSSR count). The summed E-state index contributed by atoms with van der Waals surface area (Å²) in [5.41, 5.74) is 0.904. The van der Waals surface area contributed by atoms with Crippen LogP contribution in [0, 0.1) is 0 Å². The van der Waals surface area contributed by atoms with Crippen molar-refractivity contribution in [3.05, 3.63) is 24.4 Å². The Balaban J connectivity index is 1.65. The van der Waals surface area contributed by atoms with E-state index in [2.05, 4.69) is 5.10 Å². The van der Waals surface area contributed by atoms with E-state index in [0.29, 0.717) is 11.6 Å². The highest BCUT2D eigenvalue weighted by Crippen LogP contribution is 2.33. The molecule has 1 atom stereocenters. The van der Waals surface area contributed by atoms with Crippen molar-refractivity contribution in [1.82, 2.24) is 19.0 Å². The molecule has 146 valence electrons. The van der Waals surface area contributed by atoms with E-state index in [1.807, 2.05) is 18.5 Å². The van der Waals surface area contributed by atoms with Gasteiger partial charge in [0.2, 0.25) is 15.9 Å². The Labute approximate surface area is 163 Å². The Morgan fingerprint density at radius 1 is 1.33 bits per heavy atom. The summed E-state index contributed by atoms with van der Waals surface area (Å²) in [5.74, 6) is 0.711. The molecule has 0 N–H and O–H groups in total.